The third kappa shape index (κ3) is 4.50. The lowest BCUT2D eigenvalue weighted by molar-refractivity contribution is -0.387. The van der Waals surface area contributed by atoms with E-state index in [9.17, 15) is 24.1 Å². The fraction of sp³-hybridized carbons (Fsp3) is 0.0667. The first-order valence-electron chi connectivity index (χ1n) is 6.53. The maximum atomic E-state index is 13.2. The van der Waals surface area contributed by atoms with Crippen LogP contribution in [0, 0.1) is 15.9 Å². The van der Waals surface area contributed by atoms with Gasteiger partial charge in [0.2, 0.25) is 5.82 Å². The van der Waals surface area contributed by atoms with Crippen molar-refractivity contribution < 1.29 is 23.6 Å². The molecule has 7 nitrogen and oxygen atoms in total. The zero-order valence-corrected chi connectivity index (χ0v) is 12.7. The van der Waals surface area contributed by atoms with Crippen molar-refractivity contribution in [3.05, 3.63) is 69.0 Å². The lowest BCUT2D eigenvalue weighted by Gasteiger charge is -2.07. The van der Waals surface area contributed by atoms with Crippen LogP contribution in [0.2, 0.25) is 5.02 Å². The van der Waals surface area contributed by atoms with E-state index in [0.29, 0.717) is 5.02 Å². The van der Waals surface area contributed by atoms with E-state index in [2.05, 4.69) is 5.32 Å². The number of esters is 1. The number of nitrogens with one attached hydrogen (secondary N) is 1. The van der Waals surface area contributed by atoms with Gasteiger partial charge in [-0.25, -0.2) is 4.79 Å². The van der Waals surface area contributed by atoms with E-state index in [4.69, 9.17) is 16.3 Å². The van der Waals surface area contributed by atoms with Crippen LogP contribution >= 0.6 is 11.6 Å². The molecule has 24 heavy (non-hydrogen) atoms. The van der Waals surface area contributed by atoms with Gasteiger partial charge in [0.05, 0.1) is 10.5 Å². The second kappa shape index (κ2) is 7.51. The first kappa shape index (κ1) is 17.4. The number of anilines is 1. The van der Waals surface area contributed by atoms with Gasteiger partial charge >= 0.3 is 11.7 Å². The highest BCUT2D eigenvalue weighted by atomic mass is 35.5. The summed E-state index contributed by atoms with van der Waals surface area (Å²) in [5.41, 5.74) is -0.550. The Morgan fingerprint density at radius 2 is 1.88 bits per heavy atom. The lowest BCUT2D eigenvalue weighted by atomic mass is 10.2. The van der Waals surface area contributed by atoms with Crippen LogP contribution in [0.1, 0.15) is 10.4 Å². The van der Waals surface area contributed by atoms with Crippen molar-refractivity contribution in [1.29, 1.82) is 0 Å². The molecule has 0 aliphatic rings. The Morgan fingerprint density at radius 3 is 2.50 bits per heavy atom. The molecular formula is C15H10ClFN2O5. The van der Waals surface area contributed by atoms with E-state index >= 15 is 0 Å². The molecular weight excluding hydrogens is 343 g/mol. The first-order valence-corrected chi connectivity index (χ1v) is 6.91. The standard InChI is InChI=1S/C15H10ClFN2O5/c16-10-3-1-9(2-4-10)15(21)24-8-14(20)18-11-5-6-12(17)13(7-11)19(22)23/h1-7H,8H2,(H,18,20). The quantitative estimate of drug-likeness (QED) is 0.506. The summed E-state index contributed by atoms with van der Waals surface area (Å²) < 4.78 is 18.0. The summed E-state index contributed by atoms with van der Waals surface area (Å²) in [6, 6.07) is 8.74. The van der Waals surface area contributed by atoms with Crippen LogP contribution in [0.25, 0.3) is 0 Å². The van der Waals surface area contributed by atoms with E-state index < -0.39 is 34.9 Å². The van der Waals surface area contributed by atoms with Crippen LogP contribution in [0.4, 0.5) is 15.8 Å². The van der Waals surface area contributed by atoms with Gasteiger partial charge in [-0.05, 0) is 36.4 Å². The minimum absolute atomic E-state index is 0.00985. The molecule has 0 bridgehead atoms. The van der Waals surface area contributed by atoms with Gasteiger partial charge in [0.1, 0.15) is 0 Å². The van der Waals surface area contributed by atoms with Crippen LogP contribution < -0.4 is 5.32 Å². The number of amides is 1. The number of halogens is 2. The molecule has 1 amide bonds. The van der Waals surface area contributed by atoms with Gasteiger partial charge in [-0.15, -0.1) is 0 Å². The van der Waals surface area contributed by atoms with Crippen molar-refractivity contribution in [2.45, 2.75) is 0 Å². The number of nitro benzene ring substituents is 1. The van der Waals surface area contributed by atoms with Crippen LogP contribution in [0.5, 0.6) is 0 Å². The number of carbonyl (C=O) groups is 2. The maximum Gasteiger partial charge on any atom is 0.338 e. The van der Waals surface area contributed by atoms with E-state index in [0.717, 1.165) is 18.2 Å². The Bertz CT molecular complexity index is 795. The molecule has 0 atom stereocenters. The second-order valence-electron chi connectivity index (χ2n) is 4.55. The van der Waals surface area contributed by atoms with Crippen molar-refractivity contribution >= 4 is 34.9 Å². The van der Waals surface area contributed by atoms with Crippen molar-refractivity contribution in [2.75, 3.05) is 11.9 Å². The fourth-order valence-corrected chi connectivity index (χ4v) is 1.85. The summed E-state index contributed by atoms with van der Waals surface area (Å²) in [4.78, 5) is 33.1. The third-order valence-corrected chi connectivity index (χ3v) is 3.09. The molecule has 2 aromatic rings. The number of nitro groups is 1. The van der Waals surface area contributed by atoms with Gasteiger partial charge in [0.15, 0.2) is 6.61 Å². The molecule has 0 radical (unpaired) electrons. The zero-order chi connectivity index (χ0) is 17.7. The summed E-state index contributed by atoms with van der Waals surface area (Å²) in [6.45, 7) is -0.605. The molecule has 0 spiro atoms. The highest BCUT2D eigenvalue weighted by Crippen LogP contribution is 2.21. The second-order valence-corrected chi connectivity index (χ2v) is 4.99. The van der Waals surface area contributed by atoms with Crippen LogP contribution in [-0.4, -0.2) is 23.4 Å². The predicted molar refractivity (Wildman–Crippen MR) is 83.4 cm³/mol. The smallest absolute Gasteiger partial charge is 0.338 e. The summed E-state index contributed by atoms with van der Waals surface area (Å²) >= 11 is 5.69. The predicted octanol–water partition coefficient (Wildman–Crippen LogP) is 3.18. The molecule has 0 aromatic heterocycles. The van der Waals surface area contributed by atoms with Gasteiger partial charge < -0.3 is 10.1 Å². The molecule has 0 heterocycles. The highest BCUT2D eigenvalue weighted by molar-refractivity contribution is 6.30. The van der Waals surface area contributed by atoms with Gasteiger partial charge in [-0.2, -0.15) is 4.39 Å². The Morgan fingerprint density at radius 1 is 1.21 bits per heavy atom. The van der Waals surface area contributed by atoms with E-state index in [1.807, 2.05) is 0 Å². The van der Waals surface area contributed by atoms with E-state index in [1.165, 1.54) is 24.3 Å². The molecule has 0 saturated heterocycles. The zero-order valence-electron chi connectivity index (χ0n) is 12.0. The monoisotopic (exact) mass is 352 g/mol. The Labute approximate surface area is 140 Å². The largest absolute Gasteiger partial charge is 0.452 e. The van der Waals surface area contributed by atoms with E-state index in [1.54, 1.807) is 0 Å². The molecule has 2 aromatic carbocycles. The number of nitrogens with zero attached hydrogens (tertiary/aromatic N) is 1. The van der Waals surface area contributed by atoms with Gasteiger partial charge in [-0.1, -0.05) is 11.6 Å². The number of carbonyl (C=O) groups excluding carboxylic acids is 2. The van der Waals surface area contributed by atoms with Crippen LogP contribution in [-0.2, 0) is 9.53 Å². The van der Waals surface area contributed by atoms with Gasteiger partial charge in [0, 0.05) is 16.8 Å². The summed E-state index contributed by atoms with van der Waals surface area (Å²) in [7, 11) is 0. The molecule has 124 valence electrons. The highest BCUT2D eigenvalue weighted by Gasteiger charge is 2.16. The van der Waals surface area contributed by atoms with Crippen molar-refractivity contribution in [1.82, 2.24) is 0 Å². The summed E-state index contributed by atoms with van der Waals surface area (Å²) in [5, 5.41) is 13.3. The van der Waals surface area contributed by atoms with Crippen molar-refractivity contribution in [2.24, 2.45) is 0 Å². The summed E-state index contributed by atoms with van der Waals surface area (Å²) in [6.07, 6.45) is 0. The molecule has 2 rings (SSSR count). The molecule has 0 saturated carbocycles. The molecule has 0 fully saturated rings. The molecule has 0 unspecified atom stereocenters. The average molecular weight is 353 g/mol. The third-order valence-electron chi connectivity index (χ3n) is 2.84. The lowest BCUT2D eigenvalue weighted by Crippen LogP contribution is -2.21. The minimum atomic E-state index is -1.02. The first-order chi connectivity index (χ1) is 11.4. The molecule has 1 N–H and O–H groups in total. The number of rotatable bonds is 5. The van der Waals surface area contributed by atoms with Crippen LogP contribution in [0.15, 0.2) is 42.5 Å². The van der Waals surface area contributed by atoms with Crippen LogP contribution in [0.3, 0.4) is 0 Å². The maximum absolute atomic E-state index is 13.2. The fourth-order valence-electron chi connectivity index (χ4n) is 1.73. The van der Waals surface area contributed by atoms with Crippen molar-refractivity contribution in [3.63, 3.8) is 0 Å². The number of benzene rings is 2. The van der Waals surface area contributed by atoms with Gasteiger partial charge in [0.25, 0.3) is 5.91 Å². The average Bonchev–Trinajstić information content (AvgIpc) is 2.55. The minimum Gasteiger partial charge on any atom is -0.452 e. The van der Waals surface area contributed by atoms with Crippen molar-refractivity contribution in [3.8, 4) is 0 Å². The normalized spacial score (nSPS) is 10.1. The number of hydrogen-bond donors (Lipinski definition) is 1. The SMILES string of the molecule is O=C(COC(=O)c1ccc(Cl)cc1)Nc1ccc(F)c([N+](=O)[O-])c1. The topological polar surface area (TPSA) is 98.5 Å². The Balaban J connectivity index is 1.94. The Kier molecular flexibility index (Phi) is 5.43. The number of hydrogen-bond acceptors (Lipinski definition) is 5. The van der Waals surface area contributed by atoms with Gasteiger partial charge in [-0.3, -0.25) is 14.9 Å². The Hall–Kier alpha value is -3.00. The molecule has 0 aliphatic carbocycles. The summed E-state index contributed by atoms with van der Waals surface area (Å²) in [5.74, 6) is -2.47. The molecule has 9 heteroatoms. The molecule has 0 aliphatic heterocycles. The number of ether oxygens (including phenoxy) is 1. The van der Waals surface area contributed by atoms with E-state index in [-0.39, 0.29) is 11.3 Å².